The topological polar surface area (TPSA) is 63.0 Å². The number of aromatic nitrogens is 1. The lowest BCUT2D eigenvalue weighted by molar-refractivity contribution is -0.137. The van der Waals surface area contributed by atoms with Gasteiger partial charge in [-0.3, -0.25) is 9.78 Å². The number of nitriles is 1. The minimum Gasteiger partial charge on any atom is -0.496 e. The Bertz CT molecular complexity index is 821. The molecule has 1 aromatic carbocycles. The summed E-state index contributed by atoms with van der Waals surface area (Å²) in [6.07, 6.45) is -1.25. The Labute approximate surface area is 142 Å². The zero-order valence-corrected chi connectivity index (χ0v) is 13.1. The number of methoxy groups -OCH3 is 1. The third kappa shape index (κ3) is 4.44. The number of allylic oxidation sites excluding steroid dienone is 1. The number of nitrogens with zero attached hydrogens (tertiary/aromatic N) is 2. The van der Waals surface area contributed by atoms with Crippen molar-refractivity contribution >= 4 is 11.9 Å². The molecule has 128 valence electrons. The molecule has 0 N–H and O–H groups in total. The van der Waals surface area contributed by atoms with Crippen LogP contribution in [0.5, 0.6) is 5.75 Å². The minimum atomic E-state index is -4.53. The highest BCUT2D eigenvalue weighted by Gasteiger charge is 2.31. The van der Waals surface area contributed by atoms with Crippen LogP contribution in [0.1, 0.15) is 22.7 Å². The van der Waals surface area contributed by atoms with Crippen molar-refractivity contribution in [2.24, 2.45) is 0 Å². The van der Waals surface area contributed by atoms with E-state index in [1.807, 2.05) is 0 Å². The smallest absolute Gasteiger partial charge is 0.417 e. The molecule has 0 fully saturated rings. The van der Waals surface area contributed by atoms with E-state index in [4.69, 9.17) is 4.74 Å². The fourth-order valence-electron chi connectivity index (χ4n) is 2.09. The average Bonchev–Trinajstić information content (AvgIpc) is 2.60. The van der Waals surface area contributed by atoms with Crippen LogP contribution in [0.2, 0.25) is 0 Å². The van der Waals surface area contributed by atoms with E-state index in [0.29, 0.717) is 17.5 Å². The predicted octanol–water partition coefficient (Wildman–Crippen LogP) is 4.00. The first-order chi connectivity index (χ1) is 11.9. The van der Waals surface area contributed by atoms with E-state index in [-0.39, 0.29) is 5.69 Å². The van der Waals surface area contributed by atoms with Gasteiger partial charge in [0.25, 0.3) is 0 Å². The largest absolute Gasteiger partial charge is 0.496 e. The molecule has 0 bridgehead atoms. The number of rotatable bonds is 5. The summed E-state index contributed by atoms with van der Waals surface area (Å²) in [6, 6.07) is 10.6. The van der Waals surface area contributed by atoms with Gasteiger partial charge in [0.15, 0.2) is 11.7 Å². The van der Waals surface area contributed by atoms with E-state index >= 15 is 0 Å². The number of para-hydroxylation sites is 1. The molecule has 7 heteroatoms. The van der Waals surface area contributed by atoms with Gasteiger partial charge >= 0.3 is 6.18 Å². The first kappa shape index (κ1) is 18.2. The molecule has 0 aliphatic heterocycles. The standard InChI is InChI=1S/C18H13F3N2O2/c1-25-17-5-3-2-4-12(17)6-9-16(24)14(10-22)15-8-7-13(11-23-15)18(19,20)21/h2-9,11,14H,1H3. The number of benzene rings is 1. The zero-order chi connectivity index (χ0) is 18.4. The third-order valence-corrected chi connectivity index (χ3v) is 3.39. The lowest BCUT2D eigenvalue weighted by Crippen LogP contribution is -2.11. The fraction of sp³-hybridized carbons (Fsp3) is 0.167. The van der Waals surface area contributed by atoms with Crippen molar-refractivity contribution in [3.63, 3.8) is 0 Å². The van der Waals surface area contributed by atoms with Crippen LogP contribution in [-0.2, 0) is 11.0 Å². The summed E-state index contributed by atoms with van der Waals surface area (Å²) in [5.41, 5.74) is -0.342. The van der Waals surface area contributed by atoms with E-state index in [1.165, 1.54) is 19.3 Å². The van der Waals surface area contributed by atoms with Crippen molar-refractivity contribution in [1.82, 2.24) is 4.98 Å². The summed E-state index contributed by atoms with van der Waals surface area (Å²) in [4.78, 5) is 15.8. The first-order valence-electron chi connectivity index (χ1n) is 7.14. The molecule has 1 unspecified atom stereocenters. The lowest BCUT2D eigenvalue weighted by atomic mass is 9.99. The molecule has 0 saturated heterocycles. The molecule has 1 heterocycles. The van der Waals surface area contributed by atoms with Gasteiger partial charge in [-0.1, -0.05) is 18.2 Å². The maximum Gasteiger partial charge on any atom is 0.417 e. The third-order valence-electron chi connectivity index (χ3n) is 3.39. The summed E-state index contributed by atoms with van der Waals surface area (Å²) in [5.74, 6) is -1.32. The van der Waals surface area contributed by atoms with Crippen molar-refractivity contribution in [3.8, 4) is 11.8 Å². The Hall–Kier alpha value is -3.14. The van der Waals surface area contributed by atoms with Gasteiger partial charge in [-0.05, 0) is 30.4 Å². The minimum absolute atomic E-state index is 0.0369. The van der Waals surface area contributed by atoms with E-state index in [9.17, 15) is 23.2 Å². The monoisotopic (exact) mass is 346 g/mol. The Morgan fingerprint density at radius 3 is 2.56 bits per heavy atom. The van der Waals surface area contributed by atoms with Crippen molar-refractivity contribution in [3.05, 3.63) is 65.5 Å². The summed E-state index contributed by atoms with van der Waals surface area (Å²) in [5, 5.41) is 9.19. The van der Waals surface area contributed by atoms with E-state index in [1.54, 1.807) is 30.3 Å². The van der Waals surface area contributed by atoms with E-state index < -0.39 is 23.4 Å². The molecule has 1 aromatic heterocycles. The van der Waals surface area contributed by atoms with Gasteiger partial charge in [-0.25, -0.2) is 0 Å². The number of ketones is 1. The molecule has 0 saturated carbocycles. The molecule has 2 aromatic rings. The van der Waals surface area contributed by atoms with E-state index in [0.717, 1.165) is 12.1 Å². The molecule has 1 atom stereocenters. The SMILES string of the molecule is COc1ccccc1C=CC(=O)C(C#N)c1ccc(C(F)(F)F)cn1. The van der Waals surface area contributed by atoms with Crippen LogP contribution in [0.25, 0.3) is 6.08 Å². The number of carbonyl (C=O) groups is 1. The van der Waals surface area contributed by atoms with Gasteiger partial charge < -0.3 is 4.74 Å². The van der Waals surface area contributed by atoms with Crippen molar-refractivity contribution < 1.29 is 22.7 Å². The van der Waals surface area contributed by atoms with Crippen molar-refractivity contribution in [2.75, 3.05) is 7.11 Å². The Morgan fingerprint density at radius 1 is 1.28 bits per heavy atom. The maximum absolute atomic E-state index is 12.5. The molecular formula is C18H13F3N2O2. The number of alkyl halides is 3. The van der Waals surface area contributed by atoms with Gasteiger partial charge in [0.1, 0.15) is 5.75 Å². The Kier molecular flexibility index (Phi) is 5.55. The second-order valence-electron chi connectivity index (χ2n) is 5.01. The Morgan fingerprint density at radius 2 is 2.00 bits per heavy atom. The molecule has 0 aliphatic rings. The van der Waals surface area contributed by atoms with Crippen molar-refractivity contribution in [2.45, 2.75) is 12.1 Å². The van der Waals surface area contributed by atoms with Gasteiger partial charge in [-0.15, -0.1) is 0 Å². The molecule has 0 spiro atoms. The van der Waals surface area contributed by atoms with Gasteiger partial charge in [0.2, 0.25) is 0 Å². The van der Waals surface area contributed by atoms with Crippen LogP contribution in [0.3, 0.4) is 0 Å². The Balaban J connectivity index is 2.21. The quantitative estimate of drug-likeness (QED) is 0.768. The van der Waals surface area contributed by atoms with Gasteiger partial charge in [-0.2, -0.15) is 18.4 Å². The lowest BCUT2D eigenvalue weighted by Gasteiger charge is -2.09. The fourth-order valence-corrected chi connectivity index (χ4v) is 2.09. The highest BCUT2D eigenvalue weighted by Crippen LogP contribution is 2.29. The van der Waals surface area contributed by atoms with Crippen LogP contribution in [0, 0.1) is 11.3 Å². The maximum atomic E-state index is 12.5. The average molecular weight is 346 g/mol. The van der Waals surface area contributed by atoms with Crippen LogP contribution >= 0.6 is 0 Å². The van der Waals surface area contributed by atoms with Crippen LogP contribution < -0.4 is 4.74 Å². The van der Waals surface area contributed by atoms with Crippen LogP contribution in [-0.4, -0.2) is 17.9 Å². The normalized spacial score (nSPS) is 12.6. The number of carbonyl (C=O) groups excluding carboxylic acids is 1. The van der Waals surface area contributed by atoms with Crippen molar-refractivity contribution in [1.29, 1.82) is 5.26 Å². The second-order valence-corrected chi connectivity index (χ2v) is 5.01. The van der Waals surface area contributed by atoms with Gasteiger partial charge in [0, 0.05) is 11.8 Å². The molecular weight excluding hydrogens is 333 g/mol. The summed E-state index contributed by atoms with van der Waals surface area (Å²) >= 11 is 0. The summed E-state index contributed by atoms with van der Waals surface area (Å²) in [7, 11) is 1.48. The number of hydrogen-bond donors (Lipinski definition) is 0. The molecule has 4 nitrogen and oxygen atoms in total. The second kappa shape index (κ2) is 7.62. The number of halogens is 3. The van der Waals surface area contributed by atoms with E-state index in [2.05, 4.69) is 4.98 Å². The molecule has 0 radical (unpaired) electrons. The van der Waals surface area contributed by atoms with Crippen LogP contribution in [0.15, 0.2) is 48.7 Å². The first-order valence-corrected chi connectivity index (χ1v) is 7.14. The molecule has 0 amide bonds. The summed E-state index contributed by atoms with van der Waals surface area (Å²) in [6.45, 7) is 0. The van der Waals surface area contributed by atoms with Crippen LogP contribution in [0.4, 0.5) is 13.2 Å². The summed E-state index contributed by atoms with van der Waals surface area (Å²) < 4.78 is 42.8. The highest BCUT2D eigenvalue weighted by atomic mass is 19.4. The zero-order valence-electron chi connectivity index (χ0n) is 13.1. The predicted molar refractivity (Wildman–Crippen MR) is 84.6 cm³/mol. The number of ether oxygens (including phenoxy) is 1. The molecule has 0 aliphatic carbocycles. The van der Waals surface area contributed by atoms with Gasteiger partial charge in [0.05, 0.1) is 24.4 Å². The number of hydrogen-bond acceptors (Lipinski definition) is 4. The highest BCUT2D eigenvalue weighted by molar-refractivity contribution is 6.00. The number of pyridine rings is 1. The molecule has 2 rings (SSSR count). The molecule has 25 heavy (non-hydrogen) atoms.